The molecule has 0 spiro atoms. The van der Waals surface area contributed by atoms with Crippen LogP contribution in [-0.4, -0.2) is 38.5 Å². The Bertz CT molecular complexity index is 501. The number of rotatable bonds is 3. The Balaban J connectivity index is 2.60. The molecular formula is C12H13BrO6. The van der Waals surface area contributed by atoms with Gasteiger partial charge < -0.3 is 24.1 Å². The third-order valence-electron chi connectivity index (χ3n) is 2.68. The number of esters is 1. The highest BCUT2D eigenvalue weighted by Gasteiger charge is 2.32. The van der Waals surface area contributed by atoms with Crippen molar-refractivity contribution in [2.75, 3.05) is 27.4 Å². The fourth-order valence-electron chi connectivity index (χ4n) is 1.85. The number of hydrogen-bond donors (Lipinski definition) is 1. The van der Waals surface area contributed by atoms with Crippen molar-refractivity contribution >= 4 is 21.9 Å². The van der Waals surface area contributed by atoms with E-state index in [-0.39, 0.29) is 5.56 Å². The van der Waals surface area contributed by atoms with Gasteiger partial charge in [-0.2, -0.15) is 0 Å². The van der Waals surface area contributed by atoms with Crippen molar-refractivity contribution in [2.24, 2.45) is 0 Å². The van der Waals surface area contributed by atoms with Gasteiger partial charge in [0.25, 0.3) is 0 Å². The lowest BCUT2D eigenvalue weighted by Gasteiger charge is -2.25. The number of hydrogen-bond acceptors (Lipinski definition) is 6. The maximum Gasteiger partial charge on any atom is 0.339 e. The van der Waals surface area contributed by atoms with Gasteiger partial charge in [-0.15, -0.1) is 0 Å². The summed E-state index contributed by atoms with van der Waals surface area (Å²) < 4.78 is 21.2. The van der Waals surface area contributed by atoms with Gasteiger partial charge >= 0.3 is 5.97 Å². The molecule has 1 aromatic carbocycles. The highest BCUT2D eigenvalue weighted by atomic mass is 79.9. The lowest BCUT2D eigenvalue weighted by atomic mass is 10.1. The molecule has 0 fully saturated rings. The van der Waals surface area contributed by atoms with E-state index in [0.717, 1.165) is 0 Å². The number of methoxy groups -OCH3 is 2. The second kappa shape index (κ2) is 5.66. The standard InChI is InChI=1S/C12H13BrO6/c1-16-10-6(13)5-7-11(19-4-3-18-7)8(10)9(14)12(15)17-2/h5,9,14H,3-4H2,1-2H3. The first-order valence-corrected chi connectivity index (χ1v) is 6.31. The minimum Gasteiger partial charge on any atom is -0.495 e. The highest BCUT2D eigenvalue weighted by molar-refractivity contribution is 9.10. The fraction of sp³-hybridized carbons (Fsp3) is 0.417. The van der Waals surface area contributed by atoms with Gasteiger partial charge in [-0.1, -0.05) is 0 Å². The summed E-state index contributed by atoms with van der Waals surface area (Å²) in [6.07, 6.45) is -1.51. The Morgan fingerprint density at radius 2 is 2.11 bits per heavy atom. The molecule has 1 atom stereocenters. The Morgan fingerprint density at radius 1 is 1.42 bits per heavy atom. The van der Waals surface area contributed by atoms with Crippen LogP contribution >= 0.6 is 15.9 Å². The molecule has 1 aliphatic rings. The molecule has 0 aromatic heterocycles. The topological polar surface area (TPSA) is 74.2 Å². The number of aliphatic hydroxyl groups excluding tert-OH is 1. The van der Waals surface area contributed by atoms with Gasteiger partial charge in [0.2, 0.25) is 0 Å². The molecule has 0 radical (unpaired) electrons. The average molecular weight is 333 g/mol. The molecule has 0 saturated heterocycles. The summed E-state index contributed by atoms with van der Waals surface area (Å²) in [7, 11) is 2.63. The number of aliphatic hydroxyl groups is 1. The molecule has 0 aliphatic carbocycles. The number of halogens is 1. The van der Waals surface area contributed by atoms with Crippen molar-refractivity contribution in [3.8, 4) is 17.2 Å². The van der Waals surface area contributed by atoms with Crippen LogP contribution in [0.25, 0.3) is 0 Å². The van der Waals surface area contributed by atoms with Crippen molar-refractivity contribution in [1.82, 2.24) is 0 Å². The normalized spacial score (nSPS) is 14.7. The molecule has 1 N–H and O–H groups in total. The molecule has 1 unspecified atom stereocenters. The van der Waals surface area contributed by atoms with Crippen LogP contribution in [0.3, 0.4) is 0 Å². The number of benzene rings is 1. The molecule has 0 saturated carbocycles. The molecular weight excluding hydrogens is 320 g/mol. The summed E-state index contributed by atoms with van der Waals surface area (Å²) >= 11 is 3.30. The minimum absolute atomic E-state index is 0.193. The number of fused-ring (bicyclic) bond motifs is 1. The summed E-state index contributed by atoms with van der Waals surface area (Å²) in [6, 6.07) is 1.67. The molecule has 1 aliphatic heterocycles. The van der Waals surface area contributed by atoms with Crippen LogP contribution in [0.15, 0.2) is 10.5 Å². The van der Waals surface area contributed by atoms with Gasteiger partial charge in [0.1, 0.15) is 19.0 Å². The molecule has 1 aromatic rings. The fourth-order valence-corrected chi connectivity index (χ4v) is 2.43. The van der Waals surface area contributed by atoms with Crippen LogP contribution < -0.4 is 14.2 Å². The molecule has 1 heterocycles. The van der Waals surface area contributed by atoms with Gasteiger partial charge in [-0.3, -0.25) is 0 Å². The first kappa shape index (κ1) is 14.0. The van der Waals surface area contributed by atoms with Crippen LogP contribution in [-0.2, 0) is 9.53 Å². The lowest BCUT2D eigenvalue weighted by molar-refractivity contribution is -0.150. The smallest absolute Gasteiger partial charge is 0.339 e. The molecule has 7 heteroatoms. The van der Waals surface area contributed by atoms with E-state index in [1.807, 2.05) is 0 Å². The van der Waals surface area contributed by atoms with Gasteiger partial charge in [0.15, 0.2) is 17.6 Å². The maximum atomic E-state index is 11.5. The van der Waals surface area contributed by atoms with Gasteiger partial charge in [0, 0.05) is 6.07 Å². The molecule has 0 bridgehead atoms. The quantitative estimate of drug-likeness (QED) is 0.844. The second-order valence-electron chi connectivity index (χ2n) is 3.76. The molecule has 104 valence electrons. The van der Waals surface area contributed by atoms with Crippen LogP contribution in [0.2, 0.25) is 0 Å². The second-order valence-corrected chi connectivity index (χ2v) is 4.61. The first-order valence-electron chi connectivity index (χ1n) is 5.52. The number of carbonyl (C=O) groups excluding carboxylic acids is 1. The van der Waals surface area contributed by atoms with Crippen molar-refractivity contribution in [3.05, 3.63) is 16.1 Å². The summed E-state index contributed by atoms with van der Waals surface area (Å²) in [4.78, 5) is 11.5. The van der Waals surface area contributed by atoms with Gasteiger partial charge in [0.05, 0.1) is 24.3 Å². The van der Waals surface area contributed by atoms with Gasteiger partial charge in [-0.25, -0.2) is 4.79 Å². The third kappa shape index (κ3) is 2.48. The van der Waals surface area contributed by atoms with E-state index in [0.29, 0.717) is 34.9 Å². The SMILES string of the molecule is COC(=O)C(O)c1c(OC)c(Br)cc2c1OCCO2. The van der Waals surface area contributed by atoms with Crippen molar-refractivity contribution in [3.63, 3.8) is 0 Å². The van der Waals surface area contributed by atoms with Crippen molar-refractivity contribution in [2.45, 2.75) is 6.10 Å². The Morgan fingerprint density at radius 3 is 2.74 bits per heavy atom. The monoisotopic (exact) mass is 332 g/mol. The summed E-state index contributed by atoms with van der Waals surface area (Å²) in [5.74, 6) is 0.246. The summed E-state index contributed by atoms with van der Waals surface area (Å²) in [5.41, 5.74) is 0.193. The van der Waals surface area contributed by atoms with E-state index in [2.05, 4.69) is 20.7 Å². The summed E-state index contributed by atoms with van der Waals surface area (Å²) in [5, 5.41) is 10.1. The minimum atomic E-state index is -1.51. The van der Waals surface area contributed by atoms with Crippen LogP contribution in [0.5, 0.6) is 17.2 Å². The Hall–Kier alpha value is -1.47. The maximum absolute atomic E-state index is 11.5. The number of carbonyl (C=O) groups is 1. The van der Waals surface area contributed by atoms with Crippen molar-refractivity contribution < 1.29 is 28.8 Å². The zero-order valence-corrected chi connectivity index (χ0v) is 12.0. The van der Waals surface area contributed by atoms with Crippen LogP contribution in [0, 0.1) is 0 Å². The molecule has 2 rings (SSSR count). The van der Waals surface area contributed by atoms with E-state index in [4.69, 9.17) is 14.2 Å². The van der Waals surface area contributed by atoms with E-state index < -0.39 is 12.1 Å². The van der Waals surface area contributed by atoms with Crippen LogP contribution in [0.4, 0.5) is 0 Å². The summed E-state index contributed by atoms with van der Waals surface area (Å²) in [6.45, 7) is 0.734. The molecule has 19 heavy (non-hydrogen) atoms. The van der Waals surface area contributed by atoms with E-state index in [9.17, 15) is 9.90 Å². The predicted molar refractivity (Wildman–Crippen MR) is 68.7 cm³/mol. The third-order valence-corrected chi connectivity index (χ3v) is 3.27. The van der Waals surface area contributed by atoms with Crippen molar-refractivity contribution in [1.29, 1.82) is 0 Å². The zero-order chi connectivity index (χ0) is 14.0. The Labute approximate surface area is 118 Å². The first-order chi connectivity index (χ1) is 9.10. The molecule has 6 nitrogen and oxygen atoms in total. The lowest BCUT2D eigenvalue weighted by Crippen LogP contribution is -2.21. The van der Waals surface area contributed by atoms with E-state index in [1.165, 1.54) is 14.2 Å². The van der Waals surface area contributed by atoms with Gasteiger partial charge in [-0.05, 0) is 15.9 Å². The highest BCUT2D eigenvalue weighted by Crippen LogP contribution is 2.47. The van der Waals surface area contributed by atoms with Crippen LogP contribution in [0.1, 0.15) is 11.7 Å². The number of ether oxygens (including phenoxy) is 4. The predicted octanol–water partition coefficient (Wildman–Crippen LogP) is 1.44. The zero-order valence-electron chi connectivity index (χ0n) is 10.4. The Kier molecular flexibility index (Phi) is 4.16. The molecule has 0 amide bonds. The average Bonchev–Trinajstić information content (AvgIpc) is 2.44. The largest absolute Gasteiger partial charge is 0.495 e. The van der Waals surface area contributed by atoms with E-state index in [1.54, 1.807) is 6.07 Å². The van der Waals surface area contributed by atoms with E-state index >= 15 is 0 Å².